The molecule has 0 aliphatic carbocycles. The average molecular weight is 502 g/mol. The van der Waals surface area contributed by atoms with E-state index < -0.39 is 36.6 Å². The predicted octanol–water partition coefficient (Wildman–Crippen LogP) is 4.70. The van der Waals surface area contributed by atoms with Crippen molar-refractivity contribution in [2.24, 2.45) is 9.03 Å². The lowest BCUT2D eigenvalue weighted by atomic mass is 11.8. The van der Waals surface area contributed by atoms with Gasteiger partial charge in [-0.15, -0.1) is 0 Å². The van der Waals surface area contributed by atoms with Gasteiger partial charge in [-0.1, -0.05) is 0 Å². The first kappa shape index (κ1) is 24.4. The van der Waals surface area contributed by atoms with E-state index in [1.807, 2.05) is 0 Å². The minimum absolute atomic E-state index is 1.07. The van der Waals surface area contributed by atoms with Gasteiger partial charge in [-0.3, -0.25) is 18.1 Å². The normalized spacial score (nSPS) is 33.6. The monoisotopic (exact) mass is 501 g/mol. The molecule has 0 bridgehead atoms. The van der Waals surface area contributed by atoms with Crippen molar-refractivity contribution in [2.45, 2.75) is 0 Å². The van der Waals surface area contributed by atoms with Crippen molar-refractivity contribution < 1.29 is 36.3 Å². The van der Waals surface area contributed by atoms with Crippen LogP contribution < -0.4 is 14.6 Å². The summed E-state index contributed by atoms with van der Waals surface area (Å²) < 4.78 is 68.7. The molecule has 0 radical (unpaired) electrons. The Bertz CT molecular complexity index is 744. The summed E-state index contributed by atoms with van der Waals surface area (Å²) in [6.45, 7) is -7.41. The highest BCUT2D eigenvalue weighted by molar-refractivity contribution is 8.06. The third kappa shape index (κ3) is 6.47. The van der Waals surface area contributed by atoms with Crippen LogP contribution in [0, 0.1) is 0 Å². The first-order valence-electron chi connectivity index (χ1n) is 5.98. The molecule has 0 saturated carbocycles. The second-order valence-corrected chi connectivity index (χ2v) is 17.7. The number of nitrogens with zero attached hydrogens (tertiary/aromatic N) is 2. The van der Waals surface area contributed by atoms with Crippen LogP contribution in [0.15, 0.2) is 9.03 Å². The van der Waals surface area contributed by atoms with Crippen LogP contribution in [0.1, 0.15) is 0 Å². The maximum absolute atomic E-state index is 12.7. The van der Waals surface area contributed by atoms with Gasteiger partial charge in [0.05, 0.1) is 0 Å². The molecule has 0 aromatic rings. The molecule has 0 saturated heterocycles. The Morgan fingerprint density at radius 2 is 1.32 bits per heavy atom. The van der Waals surface area contributed by atoms with E-state index in [4.69, 9.17) is 45.1 Å². The number of nitrogens with one attached hydrogen (secondary N) is 3. The van der Waals surface area contributed by atoms with E-state index in [9.17, 15) is 13.7 Å². The summed E-state index contributed by atoms with van der Waals surface area (Å²) in [6.07, 6.45) is 0. The van der Waals surface area contributed by atoms with E-state index in [0.717, 1.165) is 35.5 Å². The molecule has 0 amide bonds. The molecule has 0 aromatic carbocycles. The average Bonchev–Trinajstić information content (AvgIpc) is 2.52. The second-order valence-electron chi connectivity index (χ2n) is 3.99. The van der Waals surface area contributed by atoms with Crippen LogP contribution in [0.5, 0.6) is 0 Å². The molecule has 1 aliphatic heterocycles. The SMILES string of the molecule is COP(=O)(N[P@@]1(Cl)=N[P@@](=O)(OC)N[P@](Cl)(NP(=O)(OC)OC)=N1)OC. The highest BCUT2D eigenvalue weighted by atomic mass is 35.7. The van der Waals surface area contributed by atoms with E-state index in [1.165, 1.54) is 0 Å². The lowest BCUT2D eigenvalue weighted by Gasteiger charge is -2.32. The molecule has 1 heterocycles. The summed E-state index contributed by atoms with van der Waals surface area (Å²) in [6, 6.07) is 0. The van der Waals surface area contributed by atoms with E-state index in [1.54, 1.807) is 0 Å². The fraction of sp³-hybridized carbons (Fsp3) is 1.00. The fourth-order valence-electron chi connectivity index (χ4n) is 1.33. The predicted molar refractivity (Wildman–Crippen MR) is 97.7 cm³/mol. The Morgan fingerprint density at radius 3 is 1.72 bits per heavy atom. The van der Waals surface area contributed by atoms with Crippen molar-refractivity contribution in [3.63, 3.8) is 0 Å². The van der Waals surface area contributed by atoms with Crippen LogP contribution in [0.25, 0.3) is 0 Å². The van der Waals surface area contributed by atoms with Gasteiger partial charge in [0, 0.05) is 35.5 Å². The number of hydrogen-bond donors (Lipinski definition) is 3. The van der Waals surface area contributed by atoms with Crippen LogP contribution >= 0.6 is 59.1 Å². The Morgan fingerprint density at radius 1 is 0.880 bits per heavy atom. The van der Waals surface area contributed by atoms with Crippen molar-refractivity contribution in [3.8, 4) is 0 Å². The van der Waals surface area contributed by atoms with Gasteiger partial charge < -0.3 is 4.52 Å². The number of rotatable bonds is 9. The molecule has 1 aliphatic rings. The van der Waals surface area contributed by atoms with Gasteiger partial charge in [0.15, 0.2) is 0 Å². The molecule has 3 atom stereocenters. The largest absolute Gasteiger partial charge is 0.411 e. The van der Waals surface area contributed by atoms with Crippen molar-refractivity contribution >= 4 is 59.1 Å². The Balaban J connectivity index is 3.49. The molecule has 3 N–H and O–H groups in total. The first-order chi connectivity index (χ1) is 11.3. The fourth-order valence-corrected chi connectivity index (χ4v) is 19.1. The molecule has 20 heteroatoms. The van der Waals surface area contributed by atoms with E-state index in [2.05, 4.69) is 23.6 Å². The smallest absolute Gasteiger partial charge is 0.304 e. The summed E-state index contributed by atoms with van der Waals surface area (Å²) in [5.74, 6) is 0. The van der Waals surface area contributed by atoms with Gasteiger partial charge in [-0.05, 0) is 22.5 Å². The zero-order valence-electron chi connectivity index (χ0n) is 13.7. The highest BCUT2D eigenvalue weighted by Crippen LogP contribution is 2.79. The number of halogens is 2. The molecule has 0 aromatic heterocycles. The molecule has 13 nitrogen and oxygen atoms in total. The standard InChI is InChI=1S/C5H18Cl2N5O8P5/c1-16-23(13)9-21(6,11-24(14,17-2)18-3)8-22(7,10-23)12-25(15,19-4)20-5/h1-5H3,(H,9,13)(H,11,14)(H,12,15)/t21-,22-,23+/m1/s1. The molecule has 0 unspecified atom stereocenters. The van der Waals surface area contributed by atoms with Crippen molar-refractivity contribution in [1.82, 2.24) is 14.6 Å². The van der Waals surface area contributed by atoms with Crippen molar-refractivity contribution in [1.29, 1.82) is 0 Å². The third-order valence-electron chi connectivity index (χ3n) is 2.45. The molecule has 0 spiro atoms. The first-order valence-corrected chi connectivity index (χ1v) is 15.9. The lowest BCUT2D eigenvalue weighted by molar-refractivity contribution is 0.272. The van der Waals surface area contributed by atoms with Crippen LogP contribution in [0.3, 0.4) is 0 Å². The minimum atomic E-state index is -4.02. The van der Waals surface area contributed by atoms with Crippen LogP contribution in [0.4, 0.5) is 0 Å². The van der Waals surface area contributed by atoms with Crippen LogP contribution in [-0.4, -0.2) is 35.5 Å². The Hall–Kier alpha value is 1.41. The maximum atomic E-state index is 12.7. The summed E-state index contributed by atoms with van der Waals surface area (Å²) in [7, 11) is -6.43. The molecular formula is C5H18Cl2N5O8P5. The van der Waals surface area contributed by atoms with Crippen molar-refractivity contribution in [3.05, 3.63) is 0 Å². The van der Waals surface area contributed by atoms with Gasteiger partial charge in [0.2, 0.25) is 13.4 Å². The van der Waals surface area contributed by atoms with E-state index in [0.29, 0.717) is 0 Å². The zero-order chi connectivity index (χ0) is 19.6. The minimum Gasteiger partial charge on any atom is -0.304 e. The molecule has 0 fully saturated rings. The molecule has 1 rings (SSSR count). The van der Waals surface area contributed by atoms with Gasteiger partial charge in [-0.25, -0.2) is 13.7 Å². The topological polar surface area (TPSA) is 158 Å². The summed E-state index contributed by atoms with van der Waals surface area (Å²) in [4.78, 5) is 6.90. The Labute approximate surface area is 154 Å². The van der Waals surface area contributed by atoms with Gasteiger partial charge >= 0.3 is 23.2 Å². The van der Waals surface area contributed by atoms with Crippen molar-refractivity contribution in [2.75, 3.05) is 35.5 Å². The summed E-state index contributed by atoms with van der Waals surface area (Å²) >= 11 is 12.5. The second kappa shape index (κ2) is 8.83. The van der Waals surface area contributed by atoms with E-state index >= 15 is 0 Å². The summed E-state index contributed by atoms with van der Waals surface area (Å²) in [5.41, 5.74) is 0. The van der Waals surface area contributed by atoms with Gasteiger partial charge in [0.1, 0.15) is 0 Å². The highest BCUT2D eigenvalue weighted by Gasteiger charge is 2.45. The molecular weight excluding hydrogens is 484 g/mol. The van der Waals surface area contributed by atoms with Crippen LogP contribution in [-0.2, 0) is 36.3 Å². The van der Waals surface area contributed by atoms with Gasteiger partial charge in [0.25, 0.3) is 0 Å². The Kier molecular flexibility index (Phi) is 8.63. The van der Waals surface area contributed by atoms with Gasteiger partial charge in [-0.2, -0.15) is 23.6 Å². The quantitative estimate of drug-likeness (QED) is 0.376. The molecule has 25 heavy (non-hydrogen) atoms. The third-order valence-corrected chi connectivity index (χ3v) is 18.7. The van der Waals surface area contributed by atoms with Crippen LogP contribution in [0.2, 0.25) is 0 Å². The summed E-state index contributed by atoms with van der Waals surface area (Å²) in [5, 5.41) is 0. The lowest BCUT2D eigenvalue weighted by Crippen LogP contribution is -2.20. The number of hydrogen-bond acceptors (Lipinski definition) is 9. The molecule has 150 valence electrons. The zero-order valence-corrected chi connectivity index (χ0v) is 19.6. The van der Waals surface area contributed by atoms with E-state index in [-0.39, 0.29) is 0 Å². The maximum Gasteiger partial charge on any atom is 0.411 e.